The first-order valence-corrected chi connectivity index (χ1v) is 7.32. The maximum absolute atomic E-state index is 9.10. The van der Waals surface area contributed by atoms with Crippen LogP contribution in [-0.2, 0) is 5.41 Å². The first-order chi connectivity index (χ1) is 9.96. The van der Waals surface area contributed by atoms with Crippen LogP contribution in [0, 0.1) is 11.3 Å². The molecule has 0 atom stereocenters. The third kappa shape index (κ3) is 3.56. The maximum atomic E-state index is 9.10. The molecule has 21 heavy (non-hydrogen) atoms. The van der Waals surface area contributed by atoms with Gasteiger partial charge in [0.15, 0.2) is 0 Å². The highest BCUT2D eigenvalue weighted by molar-refractivity contribution is 6.30. The molecule has 0 amide bonds. The number of rotatable bonds is 4. The van der Waals surface area contributed by atoms with Gasteiger partial charge in [0, 0.05) is 11.1 Å². The quantitative estimate of drug-likeness (QED) is 0.726. The minimum atomic E-state index is 0.145. The van der Waals surface area contributed by atoms with Crippen molar-refractivity contribution in [2.45, 2.75) is 32.6 Å². The molecular weight excluding hydrogens is 282 g/mol. The molecule has 2 aromatic rings. The van der Waals surface area contributed by atoms with Crippen LogP contribution < -0.4 is 4.74 Å². The molecule has 108 valence electrons. The first kappa shape index (κ1) is 15.4. The molecular formula is C18H18ClNO. The Balaban J connectivity index is 2.26. The summed E-state index contributed by atoms with van der Waals surface area (Å²) in [5.41, 5.74) is 1.88. The number of benzene rings is 2. The summed E-state index contributed by atoms with van der Waals surface area (Å²) < 4.78 is 5.78. The van der Waals surface area contributed by atoms with Gasteiger partial charge in [0.05, 0.1) is 5.56 Å². The predicted octanol–water partition coefficient (Wildman–Crippen LogP) is 5.69. The molecule has 0 N–H and O–H groups in total. The Bertz CT molecular complexity index is 669. The van der Waals surface area contributed by atoms with Crippen molar-refractivity contribution in [2.75, 3.05) is 0 Å². The van der Waals surface area contributed by atoms with Crippen LogP contribution in [0.3, 0.4) is 0 Å². The van der Waals surface area contributed by atoms with Crippen molar-refractivity contribution >= 4 is 11.6 Å². The van der Waals surface area contributed by atoms with Crippen molar-refractivity contribution in [1.29, 1.82) is 5.26 Å². The topological polar surface area (TPSA) is 33.0 Å². The fourth-order valence-electron chi connectivity index (χ4n) is 1.98. The third-order valence-electron chi connectivity index (χ3n) is 3.81. The summed E-state index contributed by atoms with van der Waals surface area (Å²) in [5, 5.41) is 9.65. The molecule has 0 saturated heterocycles. The average molecular weight is 300 g/mol. The number of nitriles is 1. The summed E-state index contributed by atoms with van der Waals surface area (Å²) in [6.45, 7) is 6.61. The summed E-state index contributed by atoms with van der Waals surface area (Å²) in [5.74, 6) is 1.18. The van der Waals surface area contributed by atoms with E-state index in [-0.39, 0.29) is 5.41 Å². The smallest absolute Gasteiger partial charge is 0.146 e. The molecule has 0 spiro atoms. The van der Waals surface area contributed by atoms with E-state index in [4.69, 9.17) is 21.6 Å². The van der Waals surface area contributed by atoms with Crippen molar-refractivity contribution < 1.29 is 4.74 Å². The molecule has 3 heteroatoms. The highest BCUT2D eigenvalue weighted by Crippen LogP contribution is 2.31. The first-order valence-electron chi connectivity index (χ1n) is 6.94. The van der Waals surface area contributed by atoms with Crippen molar-refractivity contribution in [3.63, 3.8) is 0 Å². The zero-order valence-electron chi connectivity index (χ0n) is 12.5. The molecule has 0 fully saturated rings. The fraction of sp³-hybridized carbons (Fsp3) is 0.278. The van der Waals surface area contributed by atoms with E-state index in [1.165, 1.54) is 5.56 Å². The van der Waals surface area contributed by atoms with Gasteiger partial charge >= 0.3 is 0 Å². The van der Waals surface area contributed by atoms with E-state index >= 15 is 0 Å². The van der Waals surface area contributed by atoms with Crippen LogP contribution in [0.5, 0.6) is 11.5 Å². The number of nitrogens with zero attached hydrogens (tertiary/aromatic N) is 1. The fourth-order valence-corrected chi connectivity index (χ4v) is 2.14. The Morgan fingerprint density at radius 1 is 1.14 bits per heavy atom. The van der Waals surface area contributed by atoms with Gasteiger partial charge in [-0.3, -0.25) is 0 Å². The molecule has 2 nitrogen and oxygen atoms in total. The lowest BCUT2D eigenvalue weighted by molar-refractivity contribution is 0.477. The molecule has 0 aliphatic rings. The van der Waals surface area contributed by atoms with E-state index < -0.39 is 0 Å². The molecule has 0 aromatic heterocycles. The van der Waals surface area contributed by atoms with Crippen molar-refractivity contribution in [3.05, 3.63) is 58.6 Å². The van der Waals surface area contributed by atoms with Crippen molar-refractivity contribution in [2.24, 2.45) is 0 Å². The van der Waals surface area contributed by atoms with E-state index in [2.05, 4.69) is 39.0 Å². The van der Waals surface area contributed by atoms with Gasteiger partial charge in [-0.15, -0.1) is 0 Å². The van der Waals surface area contributed by atoms with E-state index in [1.54, 1.807) is 18.2 Å². The average Bonchev–Trinajstić information content (AvgIpc) is 2.48. The lowest BCUT2D eigenvalue weighted by Gasteiger charge is -2.23. The van der Waals surface area contributed by atoms with Crippen LogP contribution in [0.4, 0.5) is 0 Å². The number of halogens is 1. The van der Waals surface area contributed by atoms with Gasteiger partial charge < -0.3 is 4.74 Å². The van der Waals surface area contributed by atoms with Gasteiger partial charge in [-0.2, -0.15) is 5.26 Å². The molecule has 0 aliphatic heterocycles. The normalized spacial score (nSPS) is 11.0. The standard InChI is InChI=1S/C18H18ClNO/c1-4-18(2,3)14-6-9-16(10-7-14)21-17-11-15(19)8-5-13(17)12-20/h5-11H,4H2,1-3H3. The lowest BCUT2D eigenvalue weighted by atomic mass is 9.82. The van der Waals surface area contributed by atoms with E-state index in [0.717, 1.165) is 6.42 Å². The zero-order valence-corrected chi connectivity index (χ0v) is 13.2. The van der Waals surface area contributed by atoms with E-state index in [1.807, 2.05) is 12.1 Å². The van der Waals surface area contributed by atoms with Gasteiger partial charge in [-0.25, -0.2) is 0 Å². The number of hydrogen-bond donors (Lipinski definition) is 0. The Morgan fingerprint density at radius 2 is 1.81 bits per heavy atom. The second kappa shape index (κ2) is 6.20. The Morgan fingerprint density at radius 3 is 2.38 bits per heavy atom. The Labute approximate surface area is 130 Å². The minimum Gasteiger partial charge on any atom is -0.456 e. The number of ether oxygens (including phenoxy) is 1. The number of hydrogen-bond acceptors (Lipinski definition) is 2. The summed E-state index contributed by atoms with van der Waals surface area (Å²) in [7, 11) is 0. The molecule has 0 aliphatic carbocycles. The molecule has 0 radical (unpaired) electrons. The predicted molar refractivity (Wildman–Crippen MR) is 86.0 cm³/mol. The van der Waals surface area contributed by atoms with Crippen LogP contribution >= 0.6 is 11.6 Å². The van der Waals surface area contributed by atoms with Crippen LogP contribution in [0.15, 0.2) is 42.5 Å². The monoisotopic (exact) mass is 299 g/mol. The molecule has 2 rings (SSSR count). The zero-order chi connectivity index (χ0) is 15.5. The third-order valence-corrected chi connectivity index (χ3v) is 4.05. The van der Waals surface area contributed by atoms with Gasteiger partial charge in [0.2, 0.25) is 0 Å². The summed E-state index contributed by atoms with van der Waals surface area (Å²) in [6.07, 6.45) is 1.07. The second-order valence-electron chi connectivity index (χ2n) is 5.62. The van der Waals surface area contributed by atoms with Crippen molar-refractivity contribution in [1.82, 2.24) is 0 Å². The van der Waals surface area contributed by atoms with Crippen molar-refractivity contribution in [3.8, 4) is 17.6 Å². The Kier molecular flexibility index (Phi) is 4.55. The second-order valence-corrected chi connectivity index (χ2v) is 6.05. The van der Waals surface area contributed by atoms with Crippen LogP contribution in [0.2, 0.25) is 5.02 Å². The van der Waals surface area contributed by atoms with Gasteiger partial charge in [0.25, 0.3) is 0 Å². The molecule has 2 aromatic carbocycles. The van der Waals surface area contributed by atoms with Gasteiger partial charge in [-0.05, 0) is 41.7 Å². The summed E-state index contributed by atoms with van der Waals surface area (Å²) in [4.78, 5) is 0. The van der Waals surface area contributed by atoms with Gasteiger partial charge in [0.1, 0.15) is 17.6 Å². The van der Waals surface area contributed by atoms with Gasteiger partial charge in [-0.1, -0.05) is 44.5 Å². The maximum Gasteiger partial charge on any atom is 0.146 e. The van der Waals surface area contributed by atoms with E-state index in [9.17, 15) is 0 Å². The van der Waals surface area contributed by atoms with Crippen LogP contribution in [0.1, 0.15) is 38.3 Å². The molecule has 0 bridgehead atoms. The highest BCUT2D eigenvalue weighted by atomic mass is 35.5. The van der Waals surface area contributed by atoms with Crippen LogP contribution in [0.25, 0.3) is 0 Å². The van der Waals surface area contributed by atoms with E-state index in [0.29, 0.717) is 22.1 Å². The summed E-state index contributed by atoms with van der Waals surface area (Å²) >= 11 is 5.95. The molecule has 0 saturated carbocycles. The van der Waals surface area contributed by atoms with Crippen LogP contribution in [-0.4, -0.2) is 0 Å². The molecule has 0 unspecified atom stereocenters. The lowest BCUT2D eigenvalue weighted by Crippen LogP contribution is -2.14. The SMILES string of the molecule is CCC(C)(C)c1ccc(Oc2cc(Cl)ccc2C#N)cc1. The largest absolute Gasteiger partial charge is 0.456 e. The minimum absolute atomic E-state index is 0.145. The Hall–Kier alpha value is -1.98. The molecule has 0 heterocycles. The highest BCUT2D eigenvalue weighted by Gasteiger charge is 2.17. The summed E-state index contributed by atoms with van der Waals surface area (Å²) in [6, 6.07) is 15.1.